The standard InChI is InChI=1S/C9H17NO8/c10-2-4(12)6(14)7-5(13)3(11)1-9(17,18-7)8(15)16/h3-7,11-14,17H,1-2,10H2,(H,15,16)/t3?,4-,5-,6-,7?,9+/m1/s1. The highest BCUT2D eigenvalue weighted by atomic mass is 16.7. The van der Waals surface area contributed by atoms with Crippen molar-refractivity contribution in [1.29, 1.82) is 0 Å². The van der Waals surface area contributed by atoms with Crippen molar-refractivity contribution in [2.45, 2.75) is 42.7 Å². The fourth-order valence-electron chi connectivity index (χ4n) is 1.73. The van der Waals surface area contributed by atoms with E-state index in [0.29, 0.717) is 0 Å². The molecule has 1 aliphatic rings. The third-order valence-electron chi connectivity index (χ3n) is 2.85. The normalized spacial score (nSPS) is 40.2. The zero-order chi connectivity index (χ0) is 14.1. The van der Waals surface area contributed by atoms with Gasteiger partial charge in [-0.05, 0) is 0 Å². The van der Waals surface area contributed by atoms with Crippen LogP contribution in [0.15, 0.2) is 0 Å². The average molecular weight is 267 g/mol. The van der Waals surface area contributed by atoms with Crippen LogP contribution in [0.3, 0.4) is 0 Å². The summed E-state index contributed by atoms with van der Waals surface area (Å²) in [5, 5.41) is 56.3. The summed E-state index contributed by atoms with van der Waals surface area (Å²) in [4.78, 5) is 10.8. The van der Waals surface area contributed by atoms with Gasteiger partial charge in [0.2, 0.25) is 0 Å². The molecule has 0 aliphatic carbocycles. The SMILES string of the molecule is NC[C@@H](O)[C@@H](O)C1O[C@](O)(C(=O)O)CC(O)[C@H]1O. The lowest BCUT2D eigenvalue weighted by molar-refractivity contribution is -0.312. The van der Waals surface area contributed by atoms with E-state index in [1.807, 2.05) is 0 Å². The van der Waals surface area contributed by atoms with Gasteiger partial charge in [-0.1, -0.05) is 0 Å². The fraction of sp³-hybridized carbons (Fsp3) is 0.889. The first kappa shape index (κ1) is 15.2. The van der Waals surface area contributed by atoms with Crippen LogP contribution < -0.4 is 5.73 Å². The average Bonchev–Trinajstić information content (AvgIpc) is 2.31. The van der Waals surface area contributed by atoms with Gasteiger partial charge in [0.15, 0.2) is 0 Å². The second-order valence-electron chi connectivity index (χ2n) is 4.23. The quantitative estimate of drug-likeness (QED) is 0.267. The van der Waals surface area contributed by atoms with E-state index in [1.165, 1.54) is 0 Å². The first-order valence-corrected chi connectivity index (χ1v) is 5.29. The van der Waals surface area contributed by atoms with Crippen LogP contribution in [0.4, 0.5) is 0 Å². The largest absolute Gasteiger partial charge is 0.477 e. The van der Waals surface area contributed by atoms with Crippen LogP contribution in [0.25, 0.3) is 0 Å². The molecule has 0 saturated carbocycles. The Morgan fingerprint density at radius 3 is 2.44 bits per heavy atom. The molecule has 1 fully saturated rings. The maximum absolute atomic E-state index is 10.8. The predicted octanol–water partition coefficient (Wildman–Crippen LogP) is -4.05. The molecule has 0 bridgehead atoms. The summed E-state index contributed by atoms with van der Waals surface area (Å²) in [6.45, 7) is -0.366. The van der Waals surface area contributed by atoms with Crippen molar-refractivity contribution in [3.63, 3.8) is 0 Å². The van der Waals surface area contributed by atoms with Crippen LogP contribution in [-0.2, 0) is 9.53 Å². The molecule has 2 unspecified atom stereocenters. The molecule has 9 heteroatoms. The molecule has 6 atom stereocenters. The Labute approximate surface area is 102 Å². The van der Waals surface area contributed by atoms with Crippen molar-refractivity contribution in [3.8, 4) is 0 Å². The van der Waals surface area contributed by atoms with Crippen LogP contribution in [0.5, 0.6) is 0 Å². The number of carboxylic acid groups (broad SMARTS) is 1. The van der Waals surface area contributed by atoms with Crippen molar-refractivity contribution >= 4 is 5.97 Å². The lowest BCUT2D eigenvalue weighted by Gasteiger charge is -2.42. The van der Waals surface area contributed by atoms with Crippen molar-refractivity contribution in [3.05, 3.63) is 0 Å². The lowest BCUT2D eigenvalue weighted by atomic mass is 9.91. The van der Waals surface area contributed by atoms with Gasteiger partial charge in [-0.15, -0.1) is 0 Å². The van der Waals surface area contributed by atoms with Gasteiger partial charge in [-0.2, -0.15) is 0 Å². The Bertz CT molecular complexity index is 313. The molecule has 8 N–H and O–H groups in total. The number of carbonyl (C=O) groups is 1. The highest BCUT2D eigenvalue weighted by molar-refractivity contribution is 5.75. The number of hydrogen-bond acceptors (Lipinski definition) is 8. The number of aliphatic hydroxyl groups is 5. The van der Waals surface area contributed by atoms with Gasteiger partial charge in [0.05, 0.1) is 12.2 Å². The highest BCUT2D eigenvalue weighted by Crippen LogP contribution is 2.30. The van der Waals surface area contributed by atoms with Crippen LogP contribution in [0, 0.1) is 0 Å². The maximum atomic E-state index is 10.8. The molecular formula is C9H17NO8. The summed E-state index contributed by atoms with van der Waals surface area (Å²) in [5.41, 5.74) is 5.10. The Kier molecular flexibility index (Phi) is 4.61. The van der Waals surface area contributed by atoms with E-state index in [9.17, 15) is 30.3 Å². The molecule has 1 rings (SSSR count). The van der Waals surface area contributed by atoms with Crippen LogP contribution >= 0.6 is 0 Å². The highest BCUT2D eigenvalue weighted by Gasteiger charge is 2.53. The second kappa shape index (κ2) is 5.45. The van der Waals surface area contributed by atoms with Gasteiger partial charge in [0.1, 0.15) is 18.3 Å². The number of nitrogens with two attached hydrogens (primary N) is 1. The molecule has 1 aliphatic heterocycles. The smallest absolute Gasteiger partial charge is 0.364 e. The number of ether oxygens (including phenoxy) is 1. The minimum Gasteiger partial charge on any atom is -0.477 e. The molecule has 0 spiro atoms. The van der Waals surface area contributed by atoms with E-state index in [4.69, 9.17) is 10.8 Å². The molecule has 18 heavy (non-hydrogen) atoms. The molecule has 0 aromatic carbocycles. The molecule has 106 valence electrons. The van der Waals surface area contributed by atoms with Crippen molar-refractivity contribution in [1.82, 2.24) is 0 Å². The van der Waals surface area contributed by atoms with Crippen LogP contribution in [-0.4, -0.2) is 79.5 Å². The van der Waals surface area contributed by atoms with Gasteiger partial charge in [-0.25, -0.2) is 4.79 Å². The molecule has 0 amide bonds. The Morgan fingerprint density at radius 1 is 1.44 bits per heavy atom. The first-order valence-electron chi connectivity index (χ1n) is 5.29. The molecule has 0 aromatic rings. The van der Waals surface area contributed by atoms with Gasteiger partial charge >= 0.3 is 5.97 Å². The van der Waals surface area contributed by atoms with Crippen molar-refractivity contribution in [2.24, 2.45) is 5.73 Å². The predicted molar refractivity (Wildman–Crippen MR) is 55.2 cm³/mol. The second-order valence-corrected chi connectivity index (χ2v) is 4.23. The summed E-state index contributed by atoms with van der Waals surface area (Å²) in [6, 6.07) is 0. The van der Waals surface area contributed by atoms with E-state index in [2.05, 4.69) is 4.74 Å². The van der Waals surface area contributed by atoms with Gasteiger partial charge in [0, 0.05) is 13.0 Å². The Hall–Kier alpha value is -0.810. The van der Waals surface area contributed by atoms with Crippen LogP contribution in [0.2, 0.25) is 0 Å². The van der Waals surface area contributed by atoms with Crippen LogP contribution in [0.1, 0.15) is 6.42 Å². The fourth-order valence-corrected chi connectivity index (χ4v) is 1.73. The van der Waals surface area contributed by atoms with E-state index < -0.39 is 48.7 Å². The summed E-state index contributed by atoms with van der Waals surface area (Å²) >= 11 is 0. The summed E-state index contributed by atoms with van der Waals surface area (Å²) in [7, 11) is 0. The molecular weight excluding hydrogens is 250 g/mol. The number of aliphatic carboxylic acids is 1. The molecule has 0 radical (unpaired) electrons. The van der Waals surface area contributed by atoms with Crippen molar-refractivity contribution < 1.29 is 40.2 Å². The lowest BCUT2D eigenvalue weighted by Crippen LogP contribution is -2.63. The number of aliphatic hydroxyl groups excluding tert-OH is 4. The number of hydrogen-bond donors (Lipinski definition) is 7. The van der Waals surface area contributed by atoms with E-state index in [-0.39, 0.29) is 6.54 Å². The van der Waals surface area contributed by atoms with E-state index in [0.717, 1.165) is 0 Å². The Balaban J connectivity index is 2.92. The third kappa shape index (κ3) is 2.78. The van der Waals surface area contributed by atoms with Gasteiger partial charge in [0.25, 0.3) is 5.79 Å². The van der Waals surface area contributed by atoms with E-state index in [1.54, 1.807) is 0 Å². The summed E-state index contributed by atoms with van der Waals surface area (Å²) < 4.78 is 4.68. The van der Waals surface area contributed by atoms with Gasteiger partial charge < -0.3 is 41.1 Å². The zero-order valence-electron chi connectivity index (χ0n) is 9.38. The molecule has 1 heterocycles. The number of carboxylic acids is 1. The number of rotatable bonds is 4. The molecule has 0 aromatic heterocycles. The topological polar surface area (TPSA) is 174 Å². The summed E-state index contributed by atoms with van der Waals surface area (Å²) in [5.74, 6) is -4.51. The first-order chi connectivity index (χ1) is 8.23. The van der Waals surface area contributed by atoms with E-state index >= 15 is 0 Å². The van der Waals surface area contributed by atoms with Crippen molar-refractivity contribution in [2.75, 3.05) is 6.54 Å². The monoisotopic (exact) mass is 267 g/mol. The maximum Gasteiger partial charge on any atom is 0.364 e. The summed E-state index contributed by atoms with van der Waals surface area (Å²) in [6.07, 6.45) is -8.94. The third-order valence-corrected chi connectivity index (χ3v) is 2.85. The minimum atomic E-state index is -2.74. The molecule has 1 saturated heterocycles. The molecule has 9 nitrogen and oxygen atoms in total. The Morgan fingerprint density at radius 2 is 2.00 bits per heavy atom. The van der Waals surface area contributed by atoms with Gasteiger partial charge in [-0.3, -0.25) is 0 Å². The zero-order valence-corrected chi connectivity index (χ0v) is 9.38. The minimum absolute atomic E-state index is 0.366.